The number of amides is 1. The Bertz CT molecular complexity index is 2260. The van der Waals surface area contributed by atoms with Crippen molar-refractivity contribution in [1.82, 2.24) is 24.5 Å². The number of anilines is 1. The summed E-state index contributed by atoms with van der Waals surface area (Å²) >= 11 is 0. The van der Waals surface area contributed by atoms with Gasteiger partial charge in [0.1, 0.15) is 47.9 Å². The van der Waals surface area contributed by atoms with Crippen LogP contribution in [0.25, 0.3) is 11.2 Å². The molecule has 0 aromatic carbocycles. The van der Waals surface area contributed by atoms with Crippen LogP contribution in [0.3, 0.4) is 0 Å². The number of nitrogen functional groups attached to an aromatic ring is 1. The topological polar surface area (TPSA) is 395 Å². The Kier molecular flexibility index (Phi) is 11.9. The smallest absolute Gasteiger partial charge is 0.387 e. The molecule has 6 heterocycles. The SMILES string of the molecule is NC(=O)c1c[n+]([C@@H]2O[C@H](COP(=O)(O)OP(=O)(O)OC[C@H]3O[C@@H](n4cnc5c(N)ncnc54)[C@H](OP(=O)(O)O)[C@@H]3O)[C@@H](O)[C@H]2O)ccc1C(=O)c1ccncc1. The first kappa shape index (κ1) is 41.6. The van der Waals surface area contributed by atoms with Gasteiger partial charge in [0.15, 0.2) is 42.0 Å². The maximum atomic E-state index is 13.0. The predicted molar refractivity (Wildman–Crippen MR) is 178 cm³/mol. The molecule has 0 bridgehead atoms. The third kappa shape index (κ3) is 9.06. The fourth-order valence-corrected chi connectivity index (χ4v) is 8.39. The molecule has 6 rings (SSSR count). The van der Waals surface area contributed by atoms with Crippen LogP contribution in [0.5, 0.6) is 0 Å². The van der Waals surface area contributed by atoms with E-state index in [-0.39, 0.29) is 33.7 Å². The van der Waals surface area contributed by atoms with Gasteiger partial charge in [-0.25, -0.2) is 28.6 Å². The number of aliphatic hydroxyl groups is 3. The number of aliphatic hydroxyl groups excluding tert-OH is 3. The second-order valence-corrected chi connectivity index (χ2v) is 16.2. The number of nitrogens with zero attached hydrogens (tertiary/aromatic N) is 6. The molecule has 0 spiro atoms. The standard InChI is InChI=1S/C27H31N8O18P3/c28-23-17-25(32-10-31-23)35(11-33-17)27-22(52-54(41,42)43)20(38)16(51-27)9-49-56(46,47)53-55(44,45)48-8-15-19(37)21(39)26(50-15)34-6-3-13(14(7-34)24(29)40)18(36)12-1-4-30-5-2-12/h1-7,10-11,15-16,19-22,26-27,37-39H,8-9H2,(H7-,28,29,31,32,40,41,42,43,44,45,46,47)/p+1/t15-,16-,19-,20-,21-,22-,26-,27-/m1/s1. The maximum Gasteiger partial charge on any atom is 0.481 e. The molecule has 0 aliphatic carbocycles. The molecule has 2 aliphatic rings. The number of phosphoric ester groups is 3. The van der Waals surface area contributed by atoms with E-state index >= 15 is 0 Å². The van der Waals surface area contributed by atoms with E-state index < -0.39 is 97.5 Å². The van der Waals surface area contributed by atoms with Crippen molar-refractivity contribution in [3.63, 3.8) is 0 Å². The van der Waals surface area contributed by atoms with E-state index in [9.17, 15) is 58.2 Å². The van der Waals surface area contributed by atoms with Crippen molar-refractivity contribution in [3.05, 3.63) is 72.3 Å². The van der Waals surface area contributed by atoms with Gasteiger partial charge >= 0.3 is 23.5 Å². The van der Waals surface area contributed by atoms with E-state index in [0.717, 1.165) is 28.0 Å². The molecule has 26 nitrogen and oxygen atoms in total. The van der Waals surface area contributed by atoms with E-state index in [2.05, 4.69) is 24.2 Å². The number of pyridine rings is 2. The highest BCUT2D eigenvalue weighted by Gasteiger charge is 2.52. The van der Waals surface area contributed by atoms with Gasteiger partial charge < -0.3 is 55.8 Å². The summed E-state index contributed by atoms with van der Waals surface area (Å²) in [6.07, 6.45) is -6.60. The first-order chi connectivity index (χ1) is 26.2. The van der Waals surface area contributed by atoms with Crippen molar-refractivity contribution in [2.24, 2.45) is 5.73 Å². The van der Waals surface area contributed by atoms with Gasteiger partial charge in [0.2, 0.25) is 0 Å². The molecule has 29 heteroatoms. The summed E-state index contributed by atoms with van der Waals surface area (Å²) < 4.78 is 68.9. The summed E-state index contributed by atoms with van der Waals surface area (Å²) in [5.74, 6) is -1.66. The van der Waals surface area contributed by atoms with Gasteiger partial charge in [-0.3, -0.25) is 32.7 Å². The Labute approximate surface area is 312 Å². The molecule has 4 aromatic heterocycles. The highest BCUT2D eigenvalue weighted by molar-refractivity contribution is 7.61. The Hall–Kier alpha value is -4.04. The van der Waals surface area contributed by atoms with Crippen LogP contribution in [0.15, 0.2) is 55.6 Å². The zero-order chi connectivity index (χ0) is 40.7. The van der Waals surface area contributed by atoms with Crippen LogP contribution in [-0.2, 0) is 41.1 Å². The minimum atomic E-state index is -5.59. The number of hydrogen-bond acceptors (Lipinski definition) is 19. The number of aromatic nitrogens is 6. The van der Waals surface area contributed by atoms with Gasteiger partial charge in [-0.05, 0) is 12.1 Å². The Morgan fingerprint density at radius 1 is 0.875 bits per heavy atom. The summed E-state index contributed by atoms with van der Waals surface area (Å²) in [6, 6.07) is 4.04. The number of primary amides is 1. The molecule has 0 saturated carbocycles. The molecule has 11 N–H and O–H groups in total. The second-order valence-electron chi connectivity index (χ2n) is 12.0. The molecular formula is C27H32N8O18P3+. The van der Waals surface area contributed by atoms with Crippen LogP contribution < -0.4 is 16.0 Å². The van der Waals surface area contributed by atoms with Crippen LogP contribution in [0, 0.1) is 0 Å². The average molecular weight is 850 g/mol. The molecule has 2 unspecified atom stereocenters. The quantitative estimate of drug-likeness (QED) is 0.0346. The normalized spacial score (nSPS) is 27.6. The van der Waals surface area contributed by atoms with Crippen molar-refractivity contribution in [3.8, 4) is 0 Å². The van der Waals surface area contributed by atoms with E-state index in [0.29, 0.717) is 0 Å². The van der Waals surface area contributed by atoms with Crippen molar-refractivity contribution >= 4 is 52.1 Å². The lowest BCUT2D eigenvalue weighted by Crippen LogP contribution is -2.47. The number of hydrogen-bond donors (Lipinski definition) is 9. The van der Waals surface area contributed by atoms with Crippen LogP contribution in [0.1, 0.15) is 38.7 Å². The van der Waals surface area contributed by atoms with Crippen molar-refractivity contribution in [2.75, 3.05) is 18.9 Å². The summed E-state index contributed by atoms with van der Waals surface area (Å²) in [5, 5.41) is 32.1. The first-order valence-electron chi connectivity index (χ1n) is 15.7. The first-order valence-corrected chi connectivity index (χ1v) is 20.2. The van der Waals surface area contributed by atoms with Gasteiger partial charge in [0, 0.05) is 29.6 Å². The predicted octanol–water partition coefficient (Wildman–Crippen LogP) is -2.27. The van der Waals surface area contributed by atoms with Crippen molar-refractivity contribution in [2.45, 2.75) is 49.1 Å². The maximum absolute atomic E-state index is 13.0. The van der Waals surface area contributed by atoms with Gasteiger partial charge in [-0.15, -0.1) is 0 Å². The van der Waals surface area contributed by atoms with Crippen LogP contribution in [-0.4, -0.2) is 121 Å². The number of carbonyl (C=O) groups excluding carboxylic acids is 2. The van der Waals surface area contributed by atoms with E-state index in [1.165, 1.54) is 36.8 Å². The number of ketones is 1. The van der Waals surface area contributed by atoms with Crippen molar-refractivity contribution in [1.29, 1.82) is 0 Å². The number of imidazole rings is 1. The third-order valence-electron chi connectivity index (χ3n) is 8.31. The molecule has 302 valence electrons. The average Bonchev–Trinajstić information content (AvgIpc) is 3.78. The molecule has 2 fully saturated rings. The van der Waals surface area contributed by atoms with Gasteiger partial charge in [0.25, 0.3) is 12.1 Å². The van der Waals surface area contributed by atoms with E-state index in [4.69, 9.17) is 34.5 Å². The molecule has 56 heavy (non-hydrogen) atoms. The summed E-state index contributed by atoms with van der Waals surface area (Å²) in [5.41, 5.74) is 11.1. The molecule has 10 atom stereocenters. The van der Waals surface area contributed by atoms with Gasteiger partial charge in [-0.2, -0.15) is 8.88 Å². The number of fused-ring (bicyclic) bond motifs is 1. The molecule has 2 saturated heterocycles. The zero-order valence-electron chi connectivity index (χ0n) is 28.0. The highest BCUT2D eigenvalue weighted by atomic mass is 31.3. The monoisotopic (exact) mass is 849 g/mol. The van der Waals surface area contributed by atoms with Crippen LogP contribution in [0.4, 0.5) is 5.82 Å². The number of rotatable bonds is 15. The van der Waals surface area contributed by atoms with Gasteiger partial charge in [0.05, 0.1) is 19.5 Å². The highest BCUT2D eigenvalue weighted by Crippen LogP contribution is 2.61. The number of nitrogens with two attached hydrogens (primary N) is 2. The number of phosphoric acid groups is 3. The Balaban J connectivity index is 1.08. The second kappa shape index (κ2) is 16.1. The minimum Gasteiger partial charge on any atom is -0.387 e. The van der Waals surface area contributed by atoms with Gasteiger partial charge in [-0.1, -0.05) is 0 Å². The number of carbonyl (C=O) groups is 2. The molecule has 2 aliphatic heterocycles. The zero-order valence-corrected chi connectivity index (χ0v) is 30.7. The lowest BCUT2D eigenvalue weighted by molar-refractivity contribution is -0.765. The Morgan fingerprint density at radius 2 is 1.52 bits per heavy atom. The Morgan fingerprint density at radius 3 is 2.14 bits per heavy atom. The third-order valence-corrected chi connectivity index (χ3v) is 11.4. The molecule has 4 aromatic rings. The minimum absolute atomic E-state index is 0.0133. The largest absolute Gasteiger partial charge is 0.481 e. The molecular weight excluding hydrogens is 817 g/mol. The lowest BCUT2D eigenvalue weighted by Gasteiger charge is -2.22. The van der Waals surface area contributed by atoms with E-state index in [1.807, 2.05) is 0 Å². The summed E-state index contributed by atoms with van der Waals surface area (Å²) in [4.78, 5) is 80.1. The fraction of sp³-hybridized carbons (Fsp3) is 0.370. The summed E-state index contributed by atoms with van der Waals surface area (Å²) in [7, 11) is -16.5. The molecule has 1 amide bonds. The molecule has 0 radical (unpaired) electrons. The lowest BCUT2D eigenvalue weighted by atomic mass is 10.0. The van der Waals surface area contributed by atoms with E-state index in [1.54, 1.807) is 0 Å². The van der Waals surface area contributed by atoms with Crippen LogP contribution >= 0.6 is 23.5 Å². The summed E-state index contributed by atoms with van der Waals surface area (Å²) in [6.45, 7) is -2.14. The van der Waals surface area contributed by atoms with Crippen molar-refractivity contribution < 1.29 is 90.1 Å². The van der Waals surface area contributed by atoms with Crippen LogP contribution in [0.2, 0.25) is 0 Å². The number of ether oxygens (including phenoxy) is 2. The fourth-order valence-electron chi connectivity index (χ4n) is 5.76.